The topological polar surface area (TPSA) is 47.9 Å². The molecule has 0 atom stereocenters. The number of fused-ring (bicyclic) bond motifs is 2. The van der Waals surface area contributed by atoms with Crippen LogP contribution in [0.15, 0.2) is 36.4 Å². The number of aromatic hydroxyl groups is 1. The number of hydrogen-bond donors (Lipinski definition) is 1. The molecule has 4 rings (SSSR count). The molecule has 0 radical (unpaired) electrons. The second-order valence-corrected chi connectivity index (χ2v) is 16.3. The standard InChI is InChI=1S/C37H51O4P/c1-23-16-27-22-28-17-24(2)19-31(37(10,11)12)34(28)41-42(40-33(27)30(18-23)36(7,8)9)39-15-13-14-26-20-25(3)32(38)29(21-26)35(4,5)6/h16-21,38H,13-15,22H2,1-12H3. The highest BCUT2D eigenvalue weighted by Crippen LogP contribution is 2.52. The van der Waals surface area contributed by atoms with Gasteiger partial charge in [-0.15, -0.1) is 0 Å². The van der Waals surface area contributed by atoms with Crippen molar-refractivity contribution in [3.8, 4) is 17.2 Å². The average molecular weight is 591 g/mol. The molecule has 3 aromatic rings. The number of phenols is 1. The minimum atomic E-state index is -1.69. The molecule has 0 aliphatic carbocycles. The molecule has 5 heteroatoms. The van der Waals surface area contributed by atoms with E-state index in [0.29, 0.717) is 12.4 Å². The molecule has 1 aliphatic heterocycles. The van der Waals surface area contributed by atoms with Gasteiger partial charge in [0, 0.05) is 17.5 Å². The summed E-state index contributed by atoms with van der Waals surface area (Å²) in [5.74, 6) is 2.19. The minimum Gasteiger partial charge on any atom is -0.507 e. The highest BCUT2D eigenvalue weighted by atomic mass is 31.2. The third-order valence-electron chi connectivity index (χ3n) is 7.92. The van der Waals surface area contributed by atoms with Gasteiger partial charge in [-0.25, -0.2) is 0 Å². The number of rotatable bonds is 5. The molecule has 1 N–H and O–H groups in total. The first-order chi connectivity index (χ1) is 19.3. The number of phenolic OH excluding ortho intramolecular Hbond substituents is 1. The third-order valence-corrected chi connectivity index (χ3v) is 8.98. The maximum absolute atomic E-state index is 10.6. The molecule has 0 amide bonds. The summed E-state index contributed by atoms with van der Waals surface area (Å²) in [5.41, 5.74) is 9.98. The zero-order valence-corrected chi connectivity index (χ0v) is 28.8. The molecule has 1 heterocycles. The summed E-state index contributed by atoms with van der Waals surface area (Å²) in [4.78, 5) is 0. The fourth-order valence-corrected chi connectivity index (χ4v) is 6.85. The Balaban J connectivity index is 1.67. The molecule has 1 aliphatic rings. The Bertz CT molecular complexity index is 1380. The molecule has 0 fully saturated rings. The molecular formula is C37H51O4P. The van der Waals surface area contributed by atoms with Gasteiger partial charge in [0.25, 0.3) is 0 Å². The summed E-state index contributed by atoms with van der Waals surface area (Å²) < 4.78 is 20.0. The predicted molar refractivity (Wildman–Crippen MR) is 177 cm³/mol. The van der Waals surface area contributed by atoms with Crippen LogP contribution in [0, 0.1) is 20.8 Å². The van der Waals surface area contributed by atoms with Gasteiger partial charge in [0.1, 0.15) is 17.2 Å². The van der Waals surface area contributed by atoms with Crippen molar-refractivity contribution in [3.63, 3.8) is 0 Å². The molecule has 0 saturated heterocycles. The molecule has 4 nitrogen and oxygen atoms in total. The van der Waals surface area contributed by atoms with Crippen molar-refractivity contribution < 1.29 is 18.7 Å². The number of hydrogen-bond acceptors (Lipinski definition) is 4. The molecule has 0 spiro atoms. The van der Waals surface area contributed by atoms with Crippen LogP contribution in [0.2, 0.25) is 0 Å². The second-order valence-electron chi connectivity index (χ2n) is 15.2. The molecule has 3 aromatic carbocycles. The van der Waals surface area contributed by atoms with E-state index in [1.807, 2.05) is 6.92 Å². The van der Waals surface area contributed by atoms with E-state index in [0.717, 1.165) is 41.9 Å². The van der Waals surface area contributed by atoms with Gasteiger partial charge in [-0.05, 0) is 77.7 Å². The molecule has 42 heavy (non-hydrogen) atoms. The van der Waals surface area contributed by atoms with Gasteiger partial charge < -0.3 is 14.2 Å². The second kappa shape index (κ2) is 11.9. The van der Waals surface area contributed by atoms with Crippen molar-refractivity contribution in [1.82, 2.24) is 0 Å². The molecule has 0 aromatic heterocycles. The first-order valence-corrected chi connectivity index (χ1v) is 16.3. The summed E-state index contributed by atoms with van der Waals surface area (Å²) in [6, 6.07) is 13.2. The van der Waals surface area contributed by atoms with Crippen molar-refractivity contribution >= 4 is 8.60 Å². The third kappa shape index (κ3) is 7.32. The highest BCUT2D eigenvalue weighted by molar-refractivity contribution is 7.42. The Hall–Kier alpha value is -2.55. The zero-order valence-electron chi connectivity index (χ0n) is 27.9. The van der Waals surface area contributed by atoms with Crippen molar-refractivity contribution in [2.75, 3.05) is 6.61 Å². The quantitative estimate of drug-likeness (QED) is 0.237. The first-order valence-electron chi connectivity index (χ1n) is 15.2. The molecule has 0 saturated carbocycles. The van der Waals surface area contributed by atoms with Gasteiger partial charge in [0.2, 0.25) is 0 Å². The fourth-order valence-electron chi connectivity index (χ4n) is 5.70. The normalized spacial score (nSPS) is 14.4. The van der Waals surface area contributed by atoms with Crippen LogP contribution in [0.5, 0.6) is 17.2 Å². The Kier molecular flexibility index (Phi) is 9.13. The van der Waals surface area contributed by atoms with E-state index in [2.05, 4.69) is 113 Å². The van der Waals surface area contributed by atoms with Crippen LogP contribution in [0.3, 0.4) is 0 Å². The van der Waals surface area contributed by atoms with Crippen molar-refractivity contribution in [2.45, 2.75) is 119 Å². The summed E-state index contributed by atoms with van der Waals surface area (Å²) in [6.07, 6.45) is 2.41. The maximum Gasteiger partial charge on any atom is 0.463 e. The Morgan fingerprint density at radius 3 is 1.62 bits per heavy atom. The largest absolute Gasteiger partial charge is 0.507 e. The van der Waals surface area contributed by atoms with Gasteiger partial charge in [0.15, 0.2) is 0 Å². The van der Waals surface area contributed by atoms with Crippen LogP contribution in [0.1, 0.15) is 119 Å². The number of benzene rings is 3. The van der Waals surface area contributed by atoms with E-state index in [-0.39, 0.29) is 16.2 Å². The lowest BCUT2D eigenvalue weighted by molar-refractivity contribution is 0.257. The SMILES string of the molecule is Cc1cc2c(c(C(C)(C)C)c1)OP(OCCCc1cc(C)c(O)c(C(C)(C)C)c1)Oc1c(cc(C)cc1C(C)(C)C)C2. The van der Waals surface area contributed by atoms with Crippen molar-refractivity contribution in [2.24, 2.45) is 0 Å². The van der Waals surface area contributed by atoms with Gasteiger partial charge >= 0.3 is 8.60 Å². The lowest BCUT2D eigenvalue weighted by Crippen LogP contribution is -2.19. The lowest BCUT2D eigenvalue weighted by Gasteiger charge is -2.32. The van der Waals surface area contributed by atoms with Crippen molar-refractivity contribution in [1.29, 1.82) is 0 Å². The number of aryl methyl sites for hydroxylation is 4. The Labute approximate surface area is 255 Å². The van der Waals surface area contributed by atoms with E-state index in [1.54, 1.807) is 0 Å². The van der Waals surface area contributed by atoms with E-state index in [9.17, 15) is 5.11 Å². The lowest BCUT2D eigenvalue weighted by atomic mass is 9.81. The van der Waals surface area contributed by atoms with Gasteiger partial charge in [-0.1, -0.05) is 110 Å². The van der Waals surface area contributed by atoms with Crippen LogP contribution < -0.4 is 9.05 Å². The van der Waals surface area contributed by atoms with Crippen molar-refractivity contribution in [3.05, 3.63) is 86.5 Å². The predicted octanol–water partition coefficient (Wildman–Crippen LogP) is 10.4. The van der Waals surface area contributed by atoms with Gasteiger partial charge in [-0.3, -0.25) is 4.52 Å². The van der Waals surface area contributed by atoms with Crippen LogP contribution in [0.25, 0.3) is 0 Å². The van der Waals surface area contributed by atoms with Crippen LogP contribution in [-0.2, 0) is 33.6 Å². The Morgan fingerprint density at radius 2 is 1.17 bits per heavy atom. The molecule has 0 unspecified atom stereocenters. The first kappa shape index (κ1) is 32.4. The van der Waals surface area contributed by atoms with Crippen LogP contribution >= 0.6 is 8.60 Å². The summed E-state index contributed by atoms with van der Waals surface area (Å²) in [7, 11) is -1.69. The van der Waals surface area contributed by atoms with Gasteiger partial charge in [-0.2, -0.15) is 0 Å². The summed E-state index contributed by atoms with van der Waals surface area (Å²) in [5, 5.41) is 10.6. The van der Waals surface area contributed by atoms with Crippen LogP contribution in [0.4, 0.5) is 0 Å². The average Bonchev–Trinajstić information content (AvgIpc) is 2.83. The molecular weight excluding hydrogens is 539 g/mol. The fraction of sp³-hybridized carbons (Fsp3) is 0.514. The van der Waals surface area contributed by atoms with E-state index in [1.165, 1.54) is 38.9 Å². The minimum absolute atomic E-state index is 0.0935. The maximum atomic E-state index is 10.6. The van der Waals surface area contributed by atoms with Gasteiger partial charge in [0.05, 0.1) is 6.61 Å². The molecule has 228 valence electrons. The summed E-state index contributed by atoms with van der Waals surface area (Å²) >= 11 is 0. The Morgan fingerprint density at radius 1 is 0.690 bits per heavy atom. The smallest absolute Gasteiger partial charge is 0.463 e. The molecule has 0 bridgehead atoms. The summed E-state index contributed by atoms with van der Waals surface area (Å²) in [6.45, 7) is 26.6. The van der Waals surface area contributed by atoms with E-state index < -0.39 is 8.60 Å². The highest BCUT2D eigenvalue weighted by Gasteiger charge is 2.33. The van der Waals surface area contributed by atoms with E-state index >= 15 is 0 Å². The monoisotopic (exact) mass is 590 g/mol. The van der Waals surface area contributed by atoms with Crippen LogP contribution in [-0.4, -0.2) is 11.7 Å². The van der Waals surface area contributed by atoms with E-state index in [4.69, 9.17) is 13.6 Å². The zero-order chi connectivity index (χ0) is 31.2.